The molecule has 4 aromatic carbocycles. The van der Waals surface area contributed by atoms with Crippen LogP contribution in [0.2, 0.25) is 0 Å². The summed E-state index contributed by atoms with van der Waals surface area (Å²) in [6, 6.07) is 23.5. The lowest BCUT2D eigenvalue weighted by Crippen LogP contribution is -2.13. The standard InChI is InChI=1S/C21H24Br2.C21H26/c1-20(2,3)16-10-14-12(8-18(16)22)7-13-9-19(23)17(11-15(13)14)21(4,5)6;1-20(2,3)16-9-7-14-11-15-8-10-17(21(4,5)6)13-19(15)18(14)12-16/h8-11H,7H2,1-6H3;7-10,12-13H,11H2,1-6H3. The molecular formula is C42H50Br2. The van der Waals surface area contributed by atoms with Gasteiger partial charge in [0, 0.05) is 8.95 Å². The second kappa shape index (κ2) is 11.3. The van der Waals surface area contributed by atoms with Crippen molar-refractivity contribution in [3.63, 3.8) is 0 Å². The van der Waals surface area contributed by atoms with E-state index in [4.69, 9.17) is 0 Å². The molecule has 0 N–H and O–H groups in total. The smallest absolute Gasteiger partial charge is 0.0215 e. The fraction of sp³-hybridized carbons (Fsp3) is 0.429. The molecule has 0 nitrogen and oxygen atoms in total. The van der Waals surface area contributed by atoms with Crippen LogP contribution in [0.3, 0.4) is 0 Å². The third-order valence-corrected chi connectivity index (χ3v) is 10.6. The first-order chi connectivity index (χ1) is 20.1. The Bertz CT molecular complexity index is 1610. The molecule has 0 amide bonds. The summed E-state index contributed by atoms with van der Waals surface area (Å²) in [7, 11) is 0. The predicted molar refractivity (Wildman–Crippen MR) is 200 cm³/mol. The summed E-state index contributed by atoms with van der Waals surface area (Å²) >= 11 is 7.56. The summed E-state index contributed by atoms with van der Waals surface area (Å²) in [6.45, 7) is 27.4. The quantitative estimate of drug-likeness (QED) is 0.147. The van der Waals surface area contributed by atoms with E-state index >= 15 is 0 Å². The fourth-order valence-electron chi connectivity index (χ4n) is 6.48. The first-order valence-corrected chi connectivity index (χ1v) is 17.7. The molecule has 2 heteroatoms. The summed E-state index contributed by atoms with van der Waals surface area (Å²) in [5.74, 6) is 0. The molecule has 0 saturated heterocycles. The topological polar surface area (TPSA) is 0 Å². The highest BCUT2D eigenvalue weighted by Crippen LogP contribution is 2.46. The Labute approximate surface area is 284 Å². The average molecular weight is 715 g/mol. The van der Waals surface area contributed by atoms with Crippen molar-refractivity contribution in [1.82, 2.24) is 0 Å². The number of halogens is 2. The summed E-state index contributed by atoms with van der Waals surface area (Å²) < 4.78 is 2.46. The number of rotatable bonds is 0. The van der Waals surface area contributed by atoms with Crippen LogP contribution in [-0.4, -0.2) is 0 Å². The van der Waals surface area contributed by atoms with Crippen molar-refractivity contribution in [1.29, 1.82) is 0 Å². The van der Waals surface area contributed by atoms with Gasteiger partial charge < -0.3 is 0 Å². The normalized spacial score (nSPS) is 14.0. The first-order valence-electron chi connectivity index (χ1n) is 16.1. The van der Waals surface area contributed by atoms with Crippen molar-refractivity contribution < 1.29 is 0 Å². The van der Waals surface area contributed by atoms with Gasteiger partial charge in [0.1, 0.15) is 0 Å². The Kier molecular flexibility index (Phi) is 8.51. The second-order valence-corrected chi connectivity index (χ2v) is 18.8. The van der Waals surface area contributed by atoms with Gasteiger partial charge in [-0.1, -0.05) is 151 Å². The zero-order valence-corrected chi connectivity index (χ0v) is 32.1. The maximum absolute atomic E-state index is 3.78. The van der Waals surface area contributed by atoms with E-state index in [0.717, 1.165) is 12.8 Å². The molecule has 2 aliphatic rings. The van der Waals surface area contributed by atoms with Gasteiger partial charge >= 0.3 is 0 Å². The van der Waals surface area contributed by atoms with Crippen molar-refractivity contribution in [2.45, 2.75) is 118 Å². The minimum absolute atomic E-state index is 0.138. The molecule has 0 unspecified atom stereocenters. The SMILES string of the molecule is CC(C)(C)c1cc2c(cc1Br)Cc1cc(Br)c(C(C)(C)C)cc1-2.CC(C)(C)c1ccc2c(c1)-c1cc(C(C)(C)C)ccc1C2. The van der Waals surface area contributed by atoms with Crippen LogP contribution < -0.4 is 0 Å². The van der Waals surface area contributed by atoms with Crippen molar-refractivity contribution in [2.24, 2.45) is 0 Å². The molecule has 0 atom stereocenters. The largest absolute Gasteiger partial charge is 0.0582 e. The van der Waals surface area contributed by atoms with Crippen LogP contribution in [0.25, 0.3) is 22.3 Å². The number of fused-ring (bicyclic) bond motifs is 6. The minimum Gasteiger partial charge on any atom is -0.0582 e. The maximum atomic E-state index is 3.78. The fourth-order valence-corrected chi connectivity index (χ4v) is 8.45. The Morgan fingerprint density at radius 3 is 1.02 bits per heavy atom. The number of hydrogen-bond acceptors (Lipinski definition) is 0. The molecule has 0 spiro atoms. The first kappa shape index (κ1) is 33.2. The van der Waals surface area contributed by atoms with E-state index in [1.807, 2.05) is 0 Å². The molecule has 6 rings (SSSR count). The third kappa shape index (κ3) is 6.54. The van der Waals surface area contributed by atoms with Crippen LogP contribution in [0, 0.1) is 0 Å². The lowest BCUT2D eigenvalue weighted by atomic mass is 9.83. The van der Waals surface area contributed by atoms with Gasteiger partial charge in [-0.25, -0.2) is 0 Å². The molecule has 0 aromatic heterocycles. The van der Waals surface area contributed by atoms with E-state index in [-0.39, 0.29) is 21.7 Å². The van der Waals surface area contributed by atoms with Crippen molar-refractivity contribution >= 4 is 31.9 Å². The third-order valence-electron chi connectivity index (χ3n) is 9.30. The van der Waals surface area contributed by atoms with Crippen molar-refractivity contribution in [3.8, 4) is 22.3 Å². The average Bonchev–Trinajstić information content (AvgIpc) is 3.41. The highest BCUT2D eigenvalue weighted by Gasteiger charge is 2.28. The lowest BCUT2D eigenvalue weighted by molar-refractivity contribution is 0.586. The molecule has 232 valence electrons. The number of benzene rings is 4. The molecule has 0 fully saturated rings. The molecule has 0 aliphatic heterocycles. The zero-order chi connectivity index (χ0) is 32.6. The summed E-state index contributed by atoms with van der Waals surface area (Å²) in [4.78, 5) is 0. The van der Waals surface area contributed by atoms with Gasteiger partial charge in [-0.3, -0.25) is 0 Å². The van der Waals surface area contributed by atoms with E-state index in [0.29, 0.717) is 0 Å². The Hall–Kier alpha value is -2.16. The summed E-state index contributed by atoms with van der Waals surface area (Å²) in [6.07, 6.45) is 2.11. The lowest BCUT2D eigenvalue weighted by Gasteiger charge is -2.23. The molecule has 0 saturated carbocycles. The van der Waals surface area contributed by atoms with E-state index in [9.17, 15) is 0 Å². The van der Waals surface area contributed by atoms with Gasteiger partial charge in [-0.15, -0.1) is 0 Å². The van der Waals surface area contributed by atoms with E-state index in [1.54, 1.807) is 0 Å². The molecule has 0 heterocycles. The number of hydrogen-bond donors (Lipinski definition) is 0. The Morgan fingerprint density at radius 2 is 0.705 bits per heavy atom. The van der Waals surface area contributed by atoms with Crippen LogP contribution in [0.4, 0.5) is 0 Å². The molecule has 44 heavy (non-hydrogen) atoms. The second-order valence-electron chi connectivity index (χ2n) is 17.1. The van der Waals surface area contributed by atoms with Gasteiger partial charge in [-0.2, -0.15) is 0 Å². The van der Waals surface area contributed by atoms with Gasteiger partial charge in [0.25, 0.3) is 0 Å². The monoisotopic (exact) mass is 712 g/mol. The summed E-state index contributed by atoms with van der Waals surface area (Å²) in [5, 5.41) is 0. The van der Waals surface area contributed by atoms with Gasteiger partial charge in [0.15, 0.2) is 0 Å². The van der Waals surface area contributed by atoms with E-state index in [1.165, 1.54) is 75.7 Å². The molecule has 2 aliphatic carbocycles. The van der Waals surface area contributed by atoms with Crippen LogP contribution in [0.1, 0.15) is 128 Å². The van der Waals surface area contributed by atoms with Crippen molar-refractivity contribution in [3.05, 3.63) is 114 Å². The molecule has 0 bridgehead atoms. The predicted octanol–water partition coefficient (Wildman–Crippen LogP) is 13.2. The van der Waals surface area contributed by atoms with Crippen LogP contribution in [-0.2, 0) is 34.5 Å². The van der Waals surface area contributed by atoms with Crippen molar-refractivity contribution in [2.75, 3.05) is 0 Å². The Balaban J connectivity index is 0.000000175. The molecule has 0 radical (unpaired) electrons. The highest BCUT2D eigenvalue weighted by atomic mass is 79.9. The maximum Gasteiger partial charge on any atom is 0.0215 e. The summed E-state index contributed by atoms with van der Waals surface area (Å²) in [5.41, 5.74) is 17.8. The van der Waals surface area contributed by atoms with Gasteiger partial charge in [0.05, 0.1) is 0 Å². The zero-order valence-electron chi connectivity index (χ0n) is 28.9. The highest BCUT2D eigenvalue weighted by molar-refractivity contribution is 9.10. The molecule has 4 aromatic rings. The minimum atomic E-state index is 0.138. The van der Waals surface area contributed by atoms with Crippen LogP contribution in [0.15, 0.2) is 69.6 Å². The van der Waals surface area contributed by atoms with Gasteiger partial charge in [0.2, 0.25) is 0 Å². The van der Waals surface area contributed by atoms with Crippen LogP contribution >= 0.6 is 31.9 Å². The van der Waals surface area contributed by atoms with E-state index < -0.39 is 0 Å². The molecular weight excluding hydrogens is 664 g/mol. The van der Waals surface area contributed by atoms with Crippen LogP contribution in [0.5, 0.6) is 0 Å². The van der Waals surface area contributed by atoms with E-state index in [2.05, 4.69) is 176 Å². The Morgan fingerprint density at radius 1 is 0.386 bits per heavy atom. The van der Waals surface area contributed by atoms with Gasteiger partial charge in [-0.05, 0) is 126 Å².